The van der Waals surface area contributed by atoms with Crippen molar-refractivity contribution in [2.45, 2.75) is 6.42 Å². The highest BCUT2D eigenvalue weighted by Crippen LogP contribution is 2.32. The van der Waals surface area contributed by atoms with Gasteiger partial charge in [0.15, 0.2) is 5.65 Å². The van der Waals surface area contributed by atoms with Crippen LogP contribution >= 0.6 is 27.3 Å². The second-order valence-electron chi connectivity index (χ2n) is 10.3. The molecule has 218 valence electrons. The number of piperazine rings is 1. The van der Waals surface area contributed by atoms with E-state index in [-0.39, 0.29) is 17.2 Å². The van der Waals surface area contributed by atoms with Gasteiger partial charge in [-0.25, -0.2) is 14.4 Å². The van der Waals surface area contributed by atoms with E-state index >= 15 is 0 Å². The van der Waals surface area contributed by atoms with Crippen LogP contribution in [-0.4, -0.2) is 94.7 Å². The zero-order chi connectivity index (χ0) is 29.4. The summed E-state index contributed by atoms with van der Waals surface area (Å²) in [5.41, 5.74) is 4.54. The van der Waals surface area contributed by atoms with Crippen LogP contribution in [0, 0.1) is 0 Å². The van der Waals surface area contributed by atoms with Crippen LogP contribution in [0.5, 0.6) is 5.75 Å². The number of carbonyl (C=O) groups is 1. The van der Waals surface area contributed by atoms with Crippen molar-refractivity contribution < 1.29 is 19.0 Å². The molecule has 0 atom stereocenters. The van der Waals surface area contributed by atoms with Gasteiger partial charge < -0.3 is 24.5 Å². The van der Waals surface area contributed by atoms with E-state index in [9.17, 15) is 19.1 Å². The van der Waals surface area contributed by atoms with Gasteiger partial charge in [-0.05, 0) is 47.3 Å². The van der Waals surface area contributed by atoms with Crippen LogP contribution in [0.25, 0.3) is 16.3 Å². The number of aromatic nitrogens is 3. The van der Waals surface area contributed by atoms with Crippen LogP contribution in [0.3, 0.4) is 0 Å². The number of halogens is 2. The number of aromatic hydroxyl groups is 1. The molecule has 13 heteroatoms. The Kier molecular flexibility index (Phi) is 8.11. The number of fused-ring (bicyclic) bond motifs is 1. The quantitative estimate of drug-likeness (QED) is 0.418. The molecule has 3 aromatic rings. The molecule has 0 aromatic carbocycles. The normalized spacial score (nSPS) is 18.1. The number of morpholine rings is 1. The third-order valence-electron chi connectivity index (χ3n) is 7.38. The lowest BCUT2D eigenvalue weighted by Crippen LogP contribution is -2.47. The van der Waals surface area contributed by atoms with Crippen molar-refractivity contribution in [3.05, 3.63) is 79.1 Å². The highest BCUT2D eigenvalue weighted by Gasteiger charge is 2.23. The number of hydrogen-bond donors (Lipinski definition) is 1. The summed E-state index contributed by atoms with van der Waals surface area (Å²) >= 11 is 4.80. The lowest BCUT2D eigenvalue weighted by Gasteiger charge is -2.32. The molecule has 0 radical (unpaired) electrons. The summed E-state index contributed by atoms with van der Waals surface area (Å²) in [5.74, 6) is -1.27. The Morgan fingerprint density at radius 2 is 1.95 bits per heavy atom. The number of pyridine rings is 1. The van der Waals surface area contributed by atoms with Crippen molar-refractivity contribution in [3.8, 4) is 16.5 Å². The molecule has 42 heavy (non-hydrogen) atoms. The fourth-order valence-electron chi connectivity index (χ4n) is 5.02. The number of amides is 1. The summed E-state index contributed by atoms with van der Waals surface area (Å²) in [6.45, 7) is 5.25. The minimum Gasteiger partial charge on any atom is -0.501 e. The topological polar surface area (TPSA) is 104 Å². The van der Waals surface area contributed by atoms with Crippen molar-refractivity contribution >= 4 is 44.5 Å². The second kappa shape index (κ2) is 11.9. The van der Waals surface area contributed by atoms with Crippen molar-refractivity contribution in [3.63, 3.8) is 0 Å². The van der Waals surface area contributed by atoms with E-state index in [0.717, 1.165) is 23.7 Å². The molecule has 1 amide bonds. The first-order valence-electron chi connectivity index (χ1n) is 13.5. The summed E-state index contributed by atoms with van der Waals surface area (Å²) in [6.07, 6.45) is 7.75. The number of allylic oxidation sites excluding steroid dienone is 3. The predicted octanol–water partition coefficient (Wildman–Crippen LogP) is 3.31. The fourth-order valence-corrected chi connectivity index (χ4v) is 6.46. The lowest BCUT2D eigenvalue weighted by molar-refractivity contribution is -0.128. The molecule has 0 unspecified atom stereocenters. The molecule has 0 spiro atoms. The van der Waals surface area contributed by atoms with Crippen LogP contribution in [0.2, 0.25) is 0 Å². The van der Waals surface area contributed by atoms with Crippen molar-refractivity contribution in [1.29, 1.82) is 0 Å². The standard InChI is InChI=1S/C29H28BrFN6O4S/c1-34-4-6-36(7-5-34)28(39)19-12-18(2-3-20(31)14-19)13-22-16-32-27(42-22)24-25(38)29(40)37-17-21(15-23(30)26(37)33-24)35-8-10-41-11-9-35/h2-3,14-17,38H,4-11,13H2,1H3. The number of rotatable bonds is 5. The molecule has 1 N–H and O–H groups in total. The van der Waals surface area contributed by atoms with Gasteiger partial charge in [0.1, 0.15) is 16.5 Å². The third kappa shape index (κ3) is 5.83. The molecule has 3 aliphatic rings. The molecule has 0 bridgehead atoms. The van der Waals surface area contributed by atoms with Gasteiger partial charge in [-0.15, -0.1) is 17.1 Å². The fraction of sp³-hybridized carbons (Fsp3) is 0.345. The largest absolute Gasteiger partial charge is 0.501 e. The van der Waals surface area contributed by atoms with Crippen LogP contribution < -0.4 is 10.5 Å². The van der Waals surface area contributed by atoms with Gasteiger partial charge in [-0.2, -0.15) is 0 Å². The Morgan fingerprint density at radius 1 is 1.19 bits per heavy atom. The highest BCUT2D eigenvalue weighted by molar-refractivity contribution is 9.10. The minimum absolute atomic E-state index is 0.0793. The number of anilines is 1. The number of hydrogen-bond acceptors (Lipinski definition) is 9. The first-order chi connectivity index (χ1) is 20.3. The Bertz CT molecular complexity index is 1740. The molecule has 0 saturated carbocycles. The summed E-state index contributed by atoms with van der Waals surface area (Å²) in [5, 5.41) is 11.2. The summed E-state index contributed by atoms with van der Waals surface area (Å²) in [7, 11) is 2.00. The maximum atomic E-state index is 14.4. The van der Waals surface area contributed by atoms with Gasteiger partial charge in [0.05, 0.1) is 28.9 Å². The van der Waals surface area contributed by atoms with E-state index in [1.807, 2.05) is 13.1 Å². The second-order valence-corrected chi connectivity index (χ2v) is 12.3. The molecule has 10 nitrogen and oxygen atoms in total. The van der Waals surface area contributed by atoms with Crippen LogP contribution in [0.1, 0.15) is 4.88 Å². The molecular weight excluding hydrogens is 627 g/mol. The highest BCUT2D eigenvalue weighted by atomic mass is 79.9. The van der Waals surface area contributed by atoms with Crippen LogP contribution in [0.4, 0.5) is 10.1 Å². The van der Waals surface area contributed by atoms with E-state index in [2.05, 4.69) is 41.4 Å². The molecule has 1 aliphatic carbocycles. The van der Waals surface area contributed by atoms with E-state index in [4.69, 9.17) is 4.74 Å². The van der Waals surface area contributed by atoms with Gasteiger partial charge in [0.25, 0.3) is 5.91 Å². The predicted molar refractivity (Wildman–Crippen MR) is 162 cm³/mol. The average molecular weight is 656 g/mol. The number of likely N-dealkylation sites (N-methyl/N-ethyl adjacent to an activating group) is 1. The number of carbonyl (C=O) groups excluding carboxylic acids is 1. The average Bonchev–Trinajstić information content (AvgIpc) is 3.37. The Hall–Kier alpha value is -3.61. The van der Waals surface area contributed by atoms with E-state index in [1.165, 1.54) is 27.9 Å². The van der Waals surface area contributed by atoms with Crippen LogP contribution in [-0.2, 0) is 16.0 Å². The van der Waals surface area contributed by atoms with E-state index < -0.39 is 17.1 Å². The number of thiazole rings is 1. The van der Waals surface area contributed by atoms with Crippen LogP contribution in [0.15, 0.2) is 68.7 Å². The van der Waals surface area contributed by atoms with Gasteiger partial charge in [-0.3, -0.25) is 14.0 Å². The van der Waals surface area contributed by atoms with Gasteiger partial charge in [-0.1, -0.05) is 0 Å². The molecule has 2 aliphatic heterocycles. The smallest absolute Gasteiger partial charge is 0.300 e. The maximum Gasteiger partial charge on any atom is 0.300 e. The van der Waals surface area contributed by atoms with E-state index in [1.54, 1.807) is 23.4 Å². The number of ether oxygens (including phenoxy) is 1. The molecular formula is C29H28BrFN6O4S. The molecule has 2 fully saturated rings. The van der Waals surface area contributed by atoms with Crippen molar-refractivity contribution in [2.24, 2.45) is 0 Å². The minimum atomic E-state index is -0.603. The molecule has 5 heterocycles. The van der Waals surface area contributed by atoms with Crippen molar-refractivity contribution in [1.82, 2.24) is 24.2 Å². The van der Waals surface area contributed by atoms with Gasteiger partial charge in [0, 0.05) is 68.5 Å². The molecule has 6 rings (SSSR count). The molecule has 3 aromatic heterocycles. The summed E-state index contributed by atoms with van der Waals surface area (Å²) in [6, 6.07) is 1.90. The summed E-state index contributed by atoms with van der Waals surface area (Å²) in [4.78, 5) is 42.1. The Labute approximate surface area is 253 Å². The third-order valence-corrected chi connectivity index (χ3v) is 8.97. The first kappa shape index (κ1) is 28.5. The SMILES string of the molecule is CN1CCN(C(=O)C2=C=C(Cc3cnc(-c4nc5c(Br)cc(N6CCOCC6)cn5c(=O)c4O)s3)C=CC(F)=C2)CC1. The van der Waals surface area contributed by atoms with Crippen molar-refractivity contribution in [2.75, 3.05) is 64.4 Å². The summed E-state index contributed by atoms with van der Waals surface area (Å²) < 4.78 is 21.8. The maximum absolute atomic E-state index is 14.4. The molecule has 2 saturated heterocycles. The number of nitrogens with zero attached hydrogens (tertiary/aromatic N) is 6. The zero-order valence-corrected chi connectivity index (χ0v) is 25.2. The first-order valence-corrected chi connectivity index (χ1v) is 15.1. The zero-order valence-electron chi connectivity index (χ0n) is 22.8. The lowest BCUT2D eigenvalue weighted by atomic mass is 10.1. The van der Waals surface area contributed by atoms with Gasteiger partial charge >= 0.3 is 5.56 Å². The van der Waals surface area contributed by atoms with Gasteiger partial charge in [0.2, 0.25) is 5.75 Å². The monoisotopic (exact) mass is 654 g/mol. The van der Waals surface area contributed by atoms with E-state index in [0.29, 0.717) is 66.5 Å². The Morgan fingerprint density at radius 3 is 2.71 bits per heavy atom. The Balaban J connectivity index is 1.29.